The molecule has 4 aromatic rings. The Morgan fingerprint density at radius 2 is 1.52 bits per heavy atom. The van der Waals surface area contributed by atoms with Gasteiger partial charge in [-0.05, 0) is 24.3 Å². The molecule has 0 unspecified atom stereocenters. The van der Waals surface area contributed by atoms with E-state index >= 15 is 0 Å². The van der Waals surface area contributed by atoms with Gasteiger partial charge in [0.05, 0.1) is 17.1 Å². The fourth-order valence-corrected chi connectivity index (χ4v) is 3.70. The molecule has 0 spiro atoms. The molecule has 4 rings (SSSR count). The van der Waals surface area contributed by atoms with Crippen LogP contribution < -0.4 is 5.32 Å². The van der Waals surface area contributed by atoms with E-state index in [-0.39, 0.29) is 11.7 Å². The van der Waals surface area contributed by atoms with Crippen LogP contribution in [0.4, 0.5) is 5.69 Å². The molecular weight excluding hydrogens is 402 g/mol. The lowest BCUT2D eigenvalue weighted by Crippen LogP contribution is -2.13. The van der Waals surface area contributed by atoms with Crippen molar-refractivity contribution >= 4 is 35.0 Å². The Hall–Kier alpha value is -3.02. The number of anilines is 1. The van der Waals surface area contributed by atoms with Crippen LogP contribution in [0.15, 0.2) is 90.1 Å². The van der Waals surface area contributed by atoms with Crippen molar-refractivity contribution < 1.29 is 4.79 Å². The summed E-state index contributed by atoms with van der Waals surface area (Å²) < 4.78 is 0. The minimum absolute atomic E-state index is 0.101. The molecule has 0 radical (unpaired) electrons. The number of H-pyrrole nitrogens is 1. The molecule has 29 heavy (non-hydrogen) atoms. The van der Waals surface area contributed by atoms with Crippen LogP contribution in [0, 0.1) is 0 Å². The molecule has 1 amide bonds. The number of halogens is 1. The molecule has 0 bridgehead atoms. The fourth-order valence-electron chi connectivity index (χ4n) is 2.90. The predicted molar refractivity (Wildman–Crippen MR) is 120 cm³/mol. The first-order valence-electron chi connectivity index (χ1n) is 9.08. The molecule has 0 aliphatic rings. The van der Waals surface area contributed by atoms with Gasteiger partial charge in [0, 0.05) is 21.8 Å². The maximum atomic E-state index is 12.3. The average molecular weight is 420 g/mol. The first-order chi connectivity index (χ1) is 14.2. The average Bonchev–Trinajstić information content (AvgIpc) is 3.20. The molecule has 2 N–H and O–H groups in total. The molecule has 3 aromatic carbocycles. The predicted octanol–water partition coefficient (Wildman–Crippen LogP) is 6.13. The van der Waals surface area contributed by atoms with E-state index in [0.717, 1.165) is 28.2 Å². The molecule has 144 valence electrons. The minimum atomic E-state index is -0.101. The first-order valence-corrected chi connectivity index (χ1v) is 10.4. The molecular formula is C23H18ClN3OS. The second-order valence-electron chi connectivity index (χ2n) is 6.34. The number of carbonyl (C=O) groups is 1. The molecule has 1 aromatic heterocycles. The second kappa shape index (κ2) is 8.99. The number of nitrogens with zero attached hydrogens (tertiary/aromatic N) is 1. The minimum Gasteiger partial charge on any atom is -0.332 e. The van der Waals surface area contributed by atoms with E-state index in [4.69, 9.17) is 16.6 Å². The van der Waals surface area contributed by atoms with Gasteiger partial charge in [-0.15, -0.1) is 0 Å². The quantitative estimate of drug-likeness (QED) is 0.370. The van der Waals surface area contributed by atoms with Crippen LogP contribution in [-0.2, 0) is 4.79 Å². The number of rotatable bonds is 6. The number of hydrogen-bond acceptors (Lipinski definition) is 3. The smallest absolute Gasteiger partial charge is 0.234 e. The lowest BCUT2D eigenvalue weighted by atomic mass is 10.1. The number of carbonyl (C=O) groups excluding carboxylic acids is 1. The Bertz CT molecular complexity index is 1040. The van der Waals surface area contributed by atoms with Crippen LogP contribution in [0.3, 0.4) is 0 Å². The summed E-state index contributed by atoms with van der Waals surface area (Å²) in [6, 6.07) is 27.1. The summed E-state index contributed by atoms with van der Waals surface area (Å²) in [7, 11) is 0. The van der Waals surface area contributed by atoms with Crippen molar-refractivity contribution in [3.05, 3.63) is 90.0 Å². The second-order valence-corrected chi connectivity index (χ2v) is 7.74. The molecule has 0 saturated heterocycles. The Kier molecular flexibility index (Phi) is 5.98. The number of aromatic amines is 1. The zero-order valence-corrected chi connectivity index (χ0v) is 17.0. The van der Waals surface area contributed by atoms with Crippen molar-refractivity contribution in [2.24, 2.45) is 0 Å². The number of nitrogens with one attached hydrogen (secondary N) is 2. The van der Waals surface area contributed by atoms with Crippen LogP contribution in [0.2, 0.25) is 5.02 Å². The van der Waals surface area contributed by atoms with Crippen LogP contribution in [0.1, 0.15) is 0 Å². The van der Waals surface area contributed by atoms with E-state index in [0.29, 0.717) is 10.2 Å². The van der Waals surface area contributed by atoms with Crippen molar-refractivity contribution in [3.8, 4) is 22.5 Å². The molecule has 0 atom stereocenters. The summed E-state index contributed by atoms with van der Waals surface area (Å²) in [5.74, 6) is 0.148. The molecule has 0 fully saturated rings. The fraction of sp³-hybridized carbons (Fsp3) is 0.0435. The van der Waals surface area contributed by atoms with E-state index < -0.39 is 0 Å². The molecule has 0 saturated carbocycles. The van der Waals surface area contributed by atoms with Crippen LogP contribution in [-0.4, -0.2) is 21.6 Å². The van der Waals surface area contributed by atoms with Crippen LogP contribution >= 0.6 is 23.4 Å². The Balaban J connectivity index is 1.53. The largest absolute Gasteiger partial charge is 0.332 e. The highest BCUT2D eigenvalue weighted by Gasteiger charge is 2.15. The summed E-state index contributed by atoms with van der Waals surface area (Å²) in [4.78, 5) is 20.4. The molecule has 0 aliphatic heterocycles. The summed E-state index contributed by atoms with van der Waals surface area (Å²) in [5, 5.41) is 4.20. The lowest BCUT2D eigenvalue weighted by Gasteiger charge is -2.04. The van der Waals surface area contributed by atoms with Gasteiger partial charge in [-0.2, -0.15) is 0 Å². The summed E-state index contributed by atoms with van der Waals surface area (Å²) >= 11 is 7.25. The van der Waals surface area contributed by atoms with E-state index in [9.17, 15) is 4.79 Å². The molecule has 6 heteroatoms. The van der Waals surface area contributed by atoms with Crippen molar-refractivity contribution in [1.29, 1.82) is 0 Å². The van der Waals surface area contributed by atoms with Crippen molar-refractivity contribution in [2.45, 2.75) is 5.16 Å². The summed E-state index contributed by atoms with van der Waals surface area (Å²) in [6.45, 7) is 0. The Morgan fingerprint density at radius 3 is 2.17 bits per heavy atom. The van der Waals surface area contributed by atoms with Crippen LogP contribution in [0.25, 0.3) is 22.5 Å². The van der Waals surface area contributed by atoms with Gasteiger partial charge in [-0.3, -0.25) is 4.79 Å². The Labute approximate surface area is 178 Å². The number of hydrogen-bond donors (Lipinski definition) is 2. The standard InChI is InChI=1S/C23H18ClN3OS/c24-18-11-13-19(14-12-18)25-20(28)15-29-23-26-21(16-7-3-1-4-8-16)22(27-23)17-9-5-2-6-10-17/h1-14H,15H2,(H,25,28)(H,26,27). The van der Waals surface area contributed by atoms with Crippen molar-refractivity contribution in [2.75, 3.05) is 11.1 Å². The monoisotopic (exact) mass is 419 g/mol. The van der Waals surface area contributed by atoms with Gasteiger partial charge in [0.15, 0.2) is 5.16 Å². The van der Waals surface area contributed by atoms with Gasteiger partial charge in [-0.1, -0.05) is 84.0 Å². The molecule has 4 nitrogen and oxygen atoms in total. The number of aromatic nitrogens is 2. The van der Waals surface area contributed by atoms with Gasteiger partial charge in [-0.25, -0.2) is 4.98 Å². The topological polar surface area (TPSA) is 57.8 Å². The maximum Gasteiger partial charge on any atom is 0.234 e. The SMILES string of the molecule is O=C(CSc1nc(-c2ccccc2)c(-c2ccccc2)[nH]1)Nc1ccc(Cl)cc1. The highest BCUT2D eigenvalue weighted by Crippen LogP contribution is 2.32. The van der Waals surface area contributed by atoms with Gasteiger partial charge >= 0.3 is 0 Å². The van der Waals surface area contributed by atoms with E-state index in [1.165, 1.54) is 11.8 Å². The third-order valence-electron chi connectivity index (χ3n) is 4.26. The normalized spacial score (nSPS) is 10.7. The number of amides is 1. The summed E-state index contributed by atoms with van der Waals surface area (Å²) in [5.41, 5.74) is 4.61. The maximum absolute atomic E-state index is 12.3. The van der Waals surface area contributed by atoms with Gasteiger partial charge < -0.3 is 10.3 Å². The highest BCUT2D eigenvalue weighted by molar-refractivity contribution is 7.99. The van der Waals surface area contributed by atoms with Gasteiger partial charge in [0.25, 0.3) is 0 Å². The molecule has 0 aliphatic carbocycles. The number of thioether (sulfide) groups is 1. The van der Waals surface area contributed by atoms with Crippen LogP contribution in [0.5, 0.6) is 0 Å². The zero-order valence-electron chi connectivity index (χ0n) is 15.4. The summed E-state index contributed by atoms with van der Waals surface area (Å²) in [6.07, 6.45) is 0. The molecule has 1 heterocycles. The lowest BCUT2D eigenvalue weighted by molar-refractivity contribution is -0.113. The van der Waals surface area contributed by atoms with E-state index in [2.05, 4.69) is 10.3 Å². The highest BCUT2D eigenvalue weighted by atomic mass is 35.5. The first kappa shape index (κ1) is 19.3. The Morgan fingerprint density at radius 1 is 0.897 bits per heavy atom. The third kappa shape index (κ3) is 4.88. The zero-order chi connectivity index (χ0) is 20.1. The van der Waals surface area contributed by atoms with Gasteiger partial charge in [0.2, 0.25) is 5.91 Å². The number of benzene rings is 3. The number of imidazole rings is 1. The van der Waals surface area contributed by atoms with E-state index in [1.54, 1.807) is 24.3 Å². The third-order valence-corrected chi connectivity index (χ3v) is 5.39. The van der Waals surface area contributed by atoms with Crippen molar-refractivity contribution in [3.63, 3.8) is 0 Å². The van der Waals surface area contributed by atoms with E-state index in [1.807, 2.05) is 60.7 Å². The van der Waals surface area contributed by atoms with Crippen molar-refractivity contribution in [1.82, 2.24) is 9.97 Å². The van der Waals surface area contributed by atoms with Gasteiger partial charge in [0.1, 0.15) is 0 Å².